The molecule has 0 aliphatic carbocycles. The van der Waals surface area contributed by atoms with Crippen LogP contribution in [0, 0.1) is 0 Å². The predicted octanol–water partition coefficient (Wildman–Crippen LogP) is 2.66. The Morgan fingerprint density at radius 2 is 1.89 bits per heavy atom. The Morgan fingerprint density at radius 3 is 2.47 bits per heavy atom. The molecule has 0 fully saturated rings. The van der Waals surface area contributed by atoms with Gasteiger partial charge >= 0.3 is 8.56 Å². The largest absolute Gasteiger partial charge is 0.396 e. The van der Waals surface area contributed by atoms with E-state index in [0.29, 0.717) is 13.0 Å². The number of hydrogen-bond donors (Lipinski definition) is 2. The van der Waals surface area contributed by atoms with Gasteiger partial charge in [0.1, 0.15) is 0 Å². The smallest absolute Gasteiger partial charge is 0.335 e. The van der Waals surface area contributed by atoms with Crippen LogP contribution in [-0.2, 0) is 8.85 Å². The van der Waals surface area contributed by atoms with Crippen molar-refractivity contribution in [2.75, 3.05) is 26.3 Å². The van der Waals surface area contributed by atoms with Crippen molar-refractivity contribution in [1.29, 1.82) is 0 Å². The normalized spacial score (nSPS) is 16.3. The maximum absolute atomic E-state index is 8.94. The van der Waals surface area contributed by atoms with E-state index in [-0.39, 0.29) is 12.7 Å². The van der Waals surface area contributed by atoms with Crippen LogP contribution in [-0.4, -0.2) is 46.1 Å². The molecule has 0 aliphatic heterocycles. The van der Waals surface area contributed by atoms with E-state index in [1.165, 1.54) is 12.8 Å². The molecule has 2 unspecified atom stereocenters. The summed E-state index contributed by atoms with van der Waals surface area (Å²) in [5.74, 6) is 0. The van der Waals surface area contributed by atoms with Gasteiger partial charge in [0.2, 0.25) is 0 Å². The topological polar surface area (TPSA) is 50.7 Å². The maximum atomic E-state index is 8.94. The van der Waals surface area contributed by atoms with Gasteiger partial charge < -0.3 is 19.3 Å². The van der Waals surface area contributed by atoms with E-state index in [2.05, 4.69) is 18.8 Å². The highest BCUT2D eigenvalue weighted by molar-refractivity contribution is 6.66. The summed E-state index contributed by atoms with van der Waals surface area (Å²) in [5.41, 5.74) is 0. The van der Waals surface area contributed by atoms with Crippen molar-refractivity contribution < 1.29 is 14.0 Å². The molecular weight excluding hydrogens is 258 g/mol. The van der Waals surface area contributed by atoms with E-state index in [4.69, 9.17) is 14.0 Å². The van der Waals surface area contributed by atoms with E-state index in [0.717, 1.165) is 25.6 Å². The lowest BCUT2D eigenvalue weighted by molar-refractivity contribution is 0.108. The number of aliphatic hydroxyl groups excluding tert-OH is 1. The van der Waals surface area contributed by atoms with Crippen LogP contribution >= 0.6 is 0 Å². The molecule has 0 amide bonds. The standard InChI is InChI=1S/C14H33NO3Si/c1-5-7-10-15-11-8-13-19(4,17-6-2)18-14(3)9-12-16/h14-16H,5-13H2,1-4H3. The Morgan fingerprint density at radius 1 is 1.21 bits per heavy atom. The quantitative estimate of drug-likeness (QED) is 0.405. The number of unbranched alkanes of at least 4 members (excludes halogenated alkanes) is 1. The molecule has 0 radical (unpaired) electrons. The molecule has 19 heavy (non-hydrogen) atoms. The van der Waals surface area contributed by atoms with E-state index in [9.17, 15) is 0 Å². The summed E-state index contributed by atoms with van der Waals surface area (Å²) in [7, 11) is -2.07. The van der Waals surface area contributed by atoms with E-state index < -0.39 is 8.56 Å². The summed E-state index contributed by atoms with van der Waals surface area (Å²) >= 11 is 0. The third kappa shape index (κ3) is 10.5. The molecule has 0 aromatic heterocycles. The number of nitrogens with one attached hydrogen (secondary N) is 1. The molecule has 2 atom stereocenters. The molecule has 0 aromatic carbocycles. The van der Waals surface area contributed by atoms with Crippen LogP contribution in [0.3, 0.4) is 0 Å². The molecule has 5 heteroatoms. The second kappa shape index (κ2) is 11.8. The van der Waals surface area contributed by atoms with E-state index >= 15 is 0 Å². The molecule has 0 bridgehead atoms. The van der Waals surface area contributed by atoms with Crippen LogP contribution in [0.1, 0.15) is 46.5 Å². The van der Waals surface area contributed by atoms with Gasteiger partial charge in [0.25, 0.3) is 0 Å². The fourth-order valence-electron chi connectivity index (χ4n) is 2.10. The fourth-order valence-corrected chi connectivity index (χ4v) is 4.83. The molecular formula is C14H33NO3Si. The molecule has 0 spiro atoms. The minimum Gasteiger partial charge on any atom is -0.396 e. The first-order chi connectivity index (χ1) is 9.08. The first-order valence-corrected chi connectivity index (χ1v) is 10.2. The highest BCUT2D eigenvalue weighted by Gasteiger charge is 2.32. The van der Waals surface area contributed by atoms with Crippen LogP contribution in [0.25, 0.3) is 0 Å². The zero-order valence-corrected chi connectivity index (χ0v) is 14.2. The molecule has 116 valence electrons. The van der Waals surface area contributed by atoms with Gasteiger partial charge in [-0.2, -0.15) is 0 Å². The van der Waals surface area contributed by atoms with Crippen LogP contribution in [0.15, 0.2) is 0 Å². The van der Waals surface area contributed by atoms with Crippen LogP contribution in [0.2, 0.25) is 12.6 Å². The average molecular weight is 292 g/mol. The number of hydrogen-bond acceptors (Lipinski definition) is 4. The zero-order chi connectivity index (χ0) is 14.6. The number of aliphatic hydroxyl groups is 1. The lowest BCUT2D eigenvalue weighted by atomic mass is 10.3. The van der Waals surface area contributed by atoms with Gasteiger partial charge in [-0.3, -0.25) is 0 Å². The minimum absolute atomic E-state index is 0.0845. The van der Waals surface area contributed by atoms with Crippen LogP contribution in [0.5, 0.6) is 0 Å². The molecule has 4 nitrogen and oxygen atoms in total. The monoisotopic (exact) mass is 291 g/mol. The first-order valence-electron chi connectivity index (χ1n) is 7.71. The van der Waals surface area contributed by atoms with Gasteiger partial charge in [0.05, 0.1) is 0 Å². The van der Waals surface area contributed by atoms with Gasteiger partial charge in [-0.05, 0) is 58.8 Å². The van der Waals surface area contributed by atoms with Gasteiger partial charge in [-0.15, -0.1) is 0 Å². The second-order valence-electron chi connectivity index (χ2n) is 5.21. The Balaban J connectivity index is 3.93. The summed E-state index contributed by atoms with van der Waals surface area (Å²) in [4.78, 5) is 0. The Hall–Kier alpha value is 0.0569. The van der Waals surface area contributed by atoms with Crippen molar-refractivity contribution in [3.05, 3.63) is 0 Å². The molecule has 0 saturated heterocycles. The van der Waals surface area contributed by atoms with E-state index in [1.54, 1.807) is 0 Å². The summed E-state index contributed by atoms with van der Waals surface area (Å²) in [6.45, 7) is 11.4. The SMILES string of the molecule is CCCCNCCC[Si](C)(OCC)OC(C)CCO. The number of rotatable bonds is 13. The average Bonchev–Trinajstić information content (AvgIpc) is 2.34. The molecule has 2 N–H and O–H groups in total. The third-order valence-electron chi connectivity index (χ3n) is 3.13. The third-order valence-corrected chi connectivity index (χ3v) is 6.19. The van der Waals surface area contributed by atoms with Gasteiger partial charge in [0, 0.05) is 19.3 Å². The van der Waals surface area contributed by atoms with Crippen molar-refractivity contribution in [1.82, 2.24) is 5.32 Å². The van der Waals surface area contributed by atoms with Crippen LogP contribution in [0.4, 0.5) is 0 Å². The second-order valence-corrected chi connectivity index (χ2v) is 8.51. The highest BCUT2D eigenvalue weighted by atomic mass is 28.4. The summed E-state index contributed by atoms with van der Waals surface area (Å²) < 4.78 is 12.0. The van der Waals surface area contributed by atoms with Crippen molar-refractivity contribution >= 4 is 8.56 Å². The molecule has 0 saturated carbocycles. The lowest BCUT2D eigenvalue weighted by Crippen LogP contribution is -2.42. The lowest BCUT2D eigenvalue weighted by Gasteiger charge is -2.30. The summed E-state index contributed by atoms with van der Waals surface area (Å²) in [6, 6.07) is 1.01. The summed E-state index contributed by atoms with van der Waals surface area (Å²) in [5, 5.41) is 12.4. The first kappa shape index (κ1) is 19.1. The van der Waals surface area contributed by atoms with Gasteiger partial charge in [0.15, 0.2) is 0 Å². The fraction of sp³-hybridized carbons (Fsp3) is 1.00. The Labute approximate surface area is 120 Å². The molecule has 0 rings (SSSR count). The molecule has 0 aromatic rings. The van der Waals surface area contributed by atoms with Gasteiger partial charge in [-0.25, -0.2) is 0 Å². The minimum atomic E-state index is -2.07. The van der Waals surface area contributed by atoms with Gasteiger partial charge in [-0.1, -0.05) is 13.3 Å². The highest BCUT2D eigenvalue weighted by Crippen LogP contribution is 2.18. The van der Waals surface area contributed by atoms with Crippen molar-refractivity contribution in [3.8, 4) is 0 Å². The van der Waals surface area contributed by atoms with Crippen molar-refractivity contribution in [3.63, 3.8) is 0 Å². The maximum Gasteiger partial charge on any atom is 0.335 e. The zero-order valence-electron chi connectivity index (χ0n) is 13.2. The molecule has 0 heterocycles. The molecule has 0 aliphatic rings. The Kier molecular flexibility index (Phi) is 11.9. The summed E-state index contributed by atoms with van der Waals surface area (Å²) in [6.07, 6.45) is 4.34. The Bertz CT molecular complexity index is 207. The predicted molar refractivity (Wildman–Crippen MR) is 82.7 cm³/mol. The van der Waals surface area contributed by atoms with Crippen LogP contribution < -0.4 is 5.32 Å². The van der Waals surface area contributed by atoms with Crippen molar-refractivity contribution in [2.24, 2.45) is 0 Å². The van der Waals surface area contributed by atoms with Crippen molar-refractivity contribution in [2.45, 2.75) is 65.1 Å². The van der Waals surface area contributed by atoms with E-state index in [1.807, 2.05) is 13.8 Å².